The Labute approximate surface area is 112 Å². The Morgan fingerprint density at radius 1 is 1.65 bits per heavy atom. The number of aromatic nitrogens is 2. The summed E-state index contributed by atoms with van der Waals surface area (Å²) in [7, 11) is 0. The Kier molecular flexibility index (Phi) is 3.96. The van der Waals surface area contributed by atoms with Crippen LogP contribution in [0.25, 0.3) is 0 Å². The van der Waals surface area contributed by atoms with Crippen molar-refractivity contribution in [3.05, 3.63) is 39.3 Å². The van der Waals surface area contributed by atoms with Crippen LogP contribution >= 0.6 is 27.3 Å². The van der Waals surface area contributed by atoms with E-state index in [0.29, 0.717) is 6.54 Å². The highest BCUT2D eigenvalue weighted by molar-refractivity contribution is 9.11. The average molecular weight is 314 g/mol. The quantitative estimate of drug-likeness (QED) is 0.943. The molecule has 0 aliphatic carbocycles. The van der Waals surface area contributed by atoms with Crippen molar-refractivity contribution in [3.8, 4) is 0 Å². The van der Waals surface area contributed by atoms with E-state index in [-0.39, 0.29) is 11.9 Å². The standard InChI is InChI=1S/C11H12BrN3OS/c1-8(15-6-2-5-14-15)11(16)13-7-9-3-4-10(12)17-9/h2-6,8H,7H2,1H3,(H,13,16). The highest BCUT2D eigenvalue weighted by Crippen LogP contribution is 2.21. The van der Waals surface area contributed by atoms with Gasteiger partial charge in [-0.2, -0.15) is 5.10 Å². The molecule has 0 radical (unpaired) electrons. The summed E-state index contributed by atoms with van der Waals surface area (Å²) in [5.74, 6) is -0.0294. The zero-order valence-electron chi connectivity index (χ0n) is 9.26. The number of nitrogens with one attached hydrogen (secondary N) is 1. The molecule has 0 aliphatic rings. The number of carbonyl (C=O) groups excluding carboxylic acids is 1. The van der Waals surface area contributed by atoms with Crippen molar-refractivity contribution in [2.75, 3.05) is 0 Å². The maximum atomic E-state index is 11.8. The van der Waals surface area contributed by atoms with Crippen molar-refractivity contribution in [2.45, 2.75) is 19.5 Å². The Bertz CT molecular complexity index is 495. The summed E-state index contributed by atoms with van der Waals surface area (Å²) < 4.78 is 2.71. The molecule has 17 heavy (non-hydrogen) atoms. The minimum atomic E-state index is -0.284. The van der Waals surface area contributed by atoms with E-state index in [9.17, 15) is 4.79 Å². The molecule has 2 aromatic rings. The van der Waals surface area contributed by atoms with Crippen LogP contribution in [0.4, 0.5) is 0 Å². The van der Waals surface area contributed by atoms with Gasteiger partial charge in [-0.1, -0.05) is 0 Å². The number of nitrogens with zero attached hydrogens (tertiary/aromatic N) is 2. The van der Waals surface area contributed by atoms with Gasteiger partial charge in [0.25, 0.3) is 0 Å². The van der Waals surface area contributed by atoms with Gasteiger partial charge in [0, 0.05) is 17.3 Å². The Hall–Kier alpha value is -1.14. The summed E-state index contributed by atoms with van der Waals surface area (Å²) in [6.07, 6.45) is 3.45. The molecular weight excluding hydrogens is 302 g/mol. The minimum absolute atomic E-state index is 0.0294. The molecule has 2 rings (SSSR count). The van der Waals surface area contributed by atoms with Crippen LogP contribution in [0.2, 0.25) is 0 Å². The summed E-state index contributed by atoms with van der Waals surface area (Å²) in [4.78, 5) is 13.0. The molecule has 0 saturated carbocycles. The molecule has 6 heteroatoms. The van der Waals surface area contributed by atoms with E-state index < -0.39 is 0 Å². The summed E-state index contributed by atoms with van der Waals surface area (Å²) in [6, 6.07) is 5.49. The van der Waals surface area contributed by atoms with E-state index in [0.717, 1.165) is 8.66 Å². The number of rotatable bonds is 4. The van der Waals surface area contributed by atoms with Crippen molar-refractivity contribution in [1.29, 1.82) is 0 Å². The Morgan fingerprint density at radius 2 is 2.47 bits per heavy atom. The number of hydrogen-bond donors (Lipinski definition) is 1. The van der Waals surface area contributed by atoms with Crippen molar-refractivity contribution in [2.24, 2.45) is 0 Å². The molecule has 0 aliphatic heterocycles. The lowest BCUT2D eigenvalue weighted by atomic mass is 10.3. The van der Waals surface area contributed by atoms with E-state index >= 15 is 0 Å². The number of carbonyl (C=O) groups is 1. The fourth-order valence-corrected chi connectivity index (χ4v) is 2.82. The first kappa shape index (κ1) is 12.3. The van der Waals surface area contributed by atoms with Gasteiger partial charge in [-0.05, 0) is 41.1 Å². The maximum Gasteiger partial charge on any atom is 0.244 e. The van der Waals surface area contributed by atoms with Crippen LogP contribution in [0.15, 0.2) is 34.4 Å². The van der Waals surface area contributed by atoms with Crippen LogP contribution in [0.5, 0.6) is 0 Å². The molecule has 2 aromatic heterocycles. The fraction of sp³-hybridized carbons (Fsp3) is 0.273. The van der Waals surface area contributed by atoms with E-state index in [1.807, 2.05) is 19.1 Å². The molecule has 4 nitrogen and oxygen atoms in total. The molecule has 0 aromatic carbocycles. The summed E-state index contributed by atoms with van der Waals surface area (Å²) in [6.45, 7) is 2.38. The number of halogens is 1. The van der Waals surface area contributed by atoms with Gasteiger partial charge in [0.15, 0.2) is 0 Å². The molecule has 1 atom stereocenters. The minimum Gasteiger partial charge on any atom is -0.349 e. The lowest BCUT2D eigenvalue weighted by molar-refractivity contribution is -0.124. The zero-order valence-corrected chi connectivity index (χ0v) is 11.7. The normalized spacial score (nSPS) is 12.4. The van der Waals surface area contributed by atoms with Crippen molar-refractivity contribution in [3.63, 3.8) is 0 Å². The van der Waals surface area contributed by atoms with Crippen molar-refractivity contribution < 1.29 is 4.79 Å². The second-order valence-electron chi connectivity index (χ2n) is 3.59. The highest BCUT2D eigenvalue weighted by Gasteiger charge is 2.14. The molecule has 0 saturated heterocycles. The maximum absolute atomic E-state index is 11.8. The van der Waals surface area contributed by atoms with Crippen LogP contribution in [-0.4, -0.2) is 15.7 Å². The summed E-state index contributed by atoms with van der Waals surface area (Å²) in [5, 5.41) is 6.94. The van der Waals surface area contributed by atoms with Gasteiger partial charge in [-0.3, -0.25) is 9.48 Å². The van der Waals surface area contributed by atoms with E-state index in [1.165, 1.54) is 0 Å². The number of amides is 1. The monoisotopic (exact) mass is 313 g/mol. The second-order valence-corrected chi connectivity index (χ2v) is 6.13. The average Bonchev–Trinajstić information content (AvgIpc) is 2.95. The SMILES string of the molecule is CC(C(=O)NCc1ccc(Br)s1)n1cccn1. The fourth-order valence-electron chi connectivity index (χ4n) is 1.40. The predicted molar refractivity (Wildman–Crippen MR) is 70.8 cm³/mol. The van der Waals surface area contributed by atoms with Crippen LogP contribution < -0.4 is 5.32 Å². The van der Waals surface area contributed by atoms with E-state index in [4.69, 9.17) is 0 Å². The van der Waals surface area contributed by atoms with Gasteiger partial charge in [-0.25, -0.2) is 0 Å². The van der Waals surface area contributed by atoms with Crippen molar-refractivity contribution >= 4 is 33.2 Å². The first-order valence-corrected chi connectivity index (χ1v) is 6.79. The van der Waals surface area contributed by atoms with E-state index in [1.54, 1.807) is 34.5 Å². The third-order valence-corrected chi connectivity index (χ3v) is 3.99. The Morgan fingerprint density at radius 3 is 3.06 bits per heavy atom. The predicted octanol–water partition coefficient (Wildman–Crippen LogP) is 2.58. The van der Waals surface area contributed by atoms with Crippen LogP contribution in [-0.2, 0) is 11.3 Å². The topological polar surface area (TPSA) is 46.9 Å². The van der Waals surface area contributed by atoms with Crippen molar-refractivity contribution in [1.82, 2.24) is 15.1 Å². The summed E-state index contributed by atoms with van der Waals surface area (Å²) >= 11 is 5.01. The van der Waals surface area contributed by atoms with Gasteiger partial charge in [0.05, 0.1) is 10.3 Å². The van der Waals surface area contributed by atoms with Gasteiger partial charge < -0.3 is 5.32 Å². The third kappa shape index (κ3) is 3.17. The van der Waals surface area contributed by atoms with Gasteiger partial charge in [0.1, 0.15) is 6.04 Å². The smallest absolute Gasteiger partial charge is 0.244 e. The van der Waals surface area contributed by atoms with Crippen LogP contribution in [0, 0.1) is 0 Å². The first-order chi connectivity index (χ1) is 8.16. The lowest BCUT2D eigenvalue weighted by Gasteiger charge is -2.11. The molecule has 1 N–H and O–H groups in total. The van der Waals surface area contributed by atoms with Crippen LogP contribution in [0.3, 0.4) is 0 Å². The van der Waals surface area contributed by atoms with Gasteiger partial charge in [-0.15, -0.1) is 11.3 Å². The molecule has 0 spiro atoms. The molecule has 2 heterocycles. The second kappa shape index (κ2) is 5.46. The molecule has 0 fully saturated rings. The molecular formula is C11H12BrN3OS. The summed E-state index contributed by atoms with van der Waals surface area (Å²) in [5.41, 5.74) is 0. The largest absolute Gasteiger partial charge is 0.349 e. The first-order valence-electron chi connectivity index (χ1n) is 5.18. The highest BCUT2D eigenvalue weighted by atomic mass is 79.9. The number of thiophene rings is 1. The van der Waals surface area contributed by atoms with E-state index in [2.05, 4.69) is 26.3 Å². The van der Waals surface area contributed by atoms with Gasteiger partial charge >= 0.3 is 0 Å². The molecule has 90 valence electrons. The molecule has 1 amide bonds. The third-order valence-electron chi connectivity index (χ3n) is 2.37. The van der Waals surface area contributed by atoms with Crippen LogP contribution in [0.1, 0.15) is 17.8 Å². The number of hydrogen-bond acceptors (Lipinski definition) is 3. The lowest BCUT2D eigenvalue weighted by Crippen LogP contribution is -2.30. The van der Waals surface area contributed by atoms with Gasteiger partial charge in [0.2, 0.25) is 5.91 Å². The Balaban J connectivity index is 1.89. The molecule has 0 bridgehead atoms. The zero-order chi connectivity index (χ0) is 12.3. The molecule has 1 unspecified atom stereocenters.